The van der Waals surface area contributed by atoms with Gasteiger partial charge in [-0.05, 0) is 24.6 Å². The third-order valence-electron chi connectivity index (χ3n) is 1.83. The Labute approximate surface area is 87.3 Å². The second-order valence-electron chi connectivity index (χ2n) is 3.05. The summed E-state index contributed by atoms with van der Waals surface area (Å²) < 4.78 is 13.4. The van der Waals surface area contributed by atoms with E-state index in [0.29, 0.717) is 10.6 Å². The topological polar surface area (TPSA) is 46.2 Å². The van der Waals surface area contributed by atoms with Gasteiger partial charge < -0.3 is 10.8 Å². The van der Waals surface area contributed by atoms with E-state index < -0.39 is 0 Å². The maximum Gasteiger partial charge on any atom is 0.137 e. The number of hydrogen-bond acceptors (Lipinski definition) is 3. The zero-order valence-corrected chi connectivity index (χ0v) is 8.85. The first-order valence-corrected chi connectivity index (χ1v) is 5.42. The van der Waals surface area contributed by atoms with Crippen molar-refractivity contribution in [2.75, 3.05) is 12.4 Å². The largest absolute Gasteiger partial charge is 0.396 e. The number of halogens is 1. The Morgan fingerprint density at radius 1 is 1.57 bits per heavy atom. The van der Waals surface area contributed by atoms with Gasteiger partial charge in [-0.2, -0.15) is 0 Å². The number of rotatable bonds is 4. The van der Waals surface area contributed by atoms with Crippen molar-refractivity contribution in [3.05, 3.63) is 29.6 Å². The summed E-state index contributed by atoms with van der Waals surface area (Å²) in [7, 11) is 0. The van der Waals surface area contributed by atoms with Crippen LogP contribution in [0.3, 0.4) is 0 Å². The summed E-state index contributed by atoms with van der Waals surface area (Å²) in [4.78, 5) is 0.559. The first-order chi connectivity index (χ1) is 6.65. The van der Waals surface area contributed by atoms with Gasteiger partial charge in [0.1, 0.15) is 5.82 Å². The molecule has 0 bridgehead atoms. The van der Waals surface area contributed by atoms with Gasteiger partial charge in [-0.1, -0.05) is 6.07 Å². The van der Waals surface area contributed by atoms with Crippen LogP contribution in [0.15, 0.2) is 23.1 Å². The molecule has 0 radical (unpaired) electrons. The number of nitrogens with two attached hydrogens (primary N) is 1. The molecule has 0 aliphatic carbocycles. The van der Waals surface area contributed by atoms with E-state index in [4.69, 9.17) is 10.8 Å². The molecule has 1 atom stereocenters. The fraction of sp³-hybridized carbons (Fsp3) is 0.400. The van der Waals surface area contributed by atoms with Crippen LogP contribution in [0.4, 0.5) is 4.39 Å². The molecule has 1 aromatic rings. The zero-order chi connectivity index (χ0) is 10.6. The Hall–Kier alpha value is -0.580. The van der Waals surface area contributed by atoms with Crippen LogP contribution in [0.1, 0.15) is 18.5 Å². The molecule has 0 saturated carbocycles. The van der Waals surface area contributed by atoms with Crippen LogP contribution in [0.25, 0.3) is 0 Å². The lowest BCUT2D eigenvalue weighted by atomic mass is 10.1. The highest BCUT2D eigenvalue weighted by molar-refractivity contribution is 7.99. The summed E-state index contributed by atoms with van der Waals surface area (Å²) in [6.07, 6.45) is 0. The maximum atomic E-state index is 13.4. The van der Waals surface area contributed by atoms with Gasteiger partial charge in [0.05, 0.1) is 6.61 Å². The molecule has 1 rings (SSSR count). The molecule has 3 N–H and O–H groups in total. The third kappa shape index (κ3) is 2.97. The van der Waals surface area contributed by atoms with Crippen molar-refractivity contribution in [2.24, 2.45) is 5.73 Å². The van der Waals surface area contributed by atoms with Crippen molar-refractivity contribution in [1.29, 1.82) is 0 Å². The lowest BCUT2D eigenvalue weighted by Crippen LogP contribution is -2.05. The predicted molar refractivity (Wildman–Crippen MR) is 56.8 cm³/mol. The quantitative estimate of drug-likeness (QED) is 0.754. The molecule has 1 aromatic carbocycles. The van der Waals surface area contributed by atoms with E-state index in [9.17, 15) is 4.39 Å². The van der Waals surface area contributed by atoms with E-state index in [2.05, 4.69) is 0 Å². The highest BCUT2D eigenvalue weighted by Crippen LogP contribution is 2.23. The van der Waals surface area contributed by atoms with Gasteiger partial charge in [0, 0.05) is 16.7 Å². The lowest BCUT2D eigenvalue weighted by molar-refractivity contribution is 0.322. The molecule has 0 aromatic heterocycles. The summed E-state index contributed by atoms with van der Waals surface area (Å²) in [5, 5.41) is 8.60. The Morgan fingerprint density at radius 3 is 2.79 bits per heavy atom. The molecule has 0 fully saturated rings. The SMILES string of the molecule is C[C@H](N)c1ccc(SCCO)c(F)c1. The first kappa shape index (κ1) is 11.5. The van der Waals surface area contributed by atoms with E-state index >= 15 is 0 Å². The minimum Gasteiger partial charge on any atom is -0.396 e. The second kappa shape index (κ2) is 5.34. The van der Waals surface area contributed by atoms with Gasteiger partial charge in [-0.15, -0.1) is 11.8 Å². The lowest BCUT2D eigenvalue weighted by Gasteiger charge is -2.07. The number of benzene rings is 1. The average molecular weight is 215 g/mol. The molecule has 0 heterocycles. The number of aliphatic hydroxyl groups excluding tert-OH is 1. The highest BCUT2D eigenvalue weighted by Gasteiger charge is 2.06. The molecule has 0 aliphatic heterocycles. The van der Waals surface area contributed by atoms with Gasteiger partial charge in [0.15, 0.2) is 0 Å². The molecule has 0 amide bonds. The van der Waals surface area contributed by atoms with E-state index in [1.165, 1.54) is 17.8 Å². The molecule has 0 saturated heterocycles. The van der Waals surface area contributed by atoms with Crippen molar-refractivity contribution < 1.29 is 9.50 Å². The zero-order valence-electron chi connectivity index (χ0n) is 8.03. The van der Waals surface area contributed by atoms with Gasteiger partial charge in [0.25, 0.3) is 0 Å². The smallest absolute Gasteiger partial charge is 0.137 e. The molecule has 78 valence electrons. The van der Waals surface area contributed by atoms with E-state index in [1.54, 1.807) is 6.07 Å². The van der Waals surface area contributed by atoms with Crippen molar-refractivity contribution in [3.8, 4) is 0 Å². The van der Waals surface area contributed by atoms with E-state index in [1.807, 2.05) is 13.0 Å². The van der Waals surface area contributed by atoms with Crippen LogP contribution in [-0.4, -0.2) is 17.5 Å². The van der Waals surface area contributed by atoms with Crippen molar-refractivity contribution in [2.45, 2.75) is 17.9 Å². The molecule has 14 heavy (non-hydrogen) atoms. The predicted octanol–water partition coefficient (Wildman–Crippen LogP) is 1.93. The first-order valence-electron chi connectivity index (χ1n) is 4.44. The molecule has 4 heteroatoms. The normalized spacial score (nSPS) is 12.9. The second-order valence-corrected chi connectivity index (χ2v) is 4.19. The highest BCUT2D eigenvalue weighted by atomic mass is 32.2. The molecule has 0 aliphatic rings. The van der Waals surface area contributed by atoms with Crippen molar-refractivity contribution >= 4 is 11.8 Å². The van der Waals surface area contributed by atoms with Crippen LogP contribution >= 0.6 is 11.8 Å². The summed E-state index contributed by atoms with van der Waals surface area (Å²) in [6, 6.07) is 4.81. The fourth-order valence-corrected chi connectivity index (χ4v) is 1.75. The van der Waals surface area contributed by atoms with Gasteiger partial charge in [-0.25, -0.2) is 4.39 Å². The number of aliphatic hydroxyl groups is 1. The Morgan fingerprint density at radius 2 is 2.29 bits per heavy atom. The molecule has 0 spiro atoms. The van der Waals surface area contributed by atoms with Crippen molar-refractivity contribution in [1.82, 2.24) is 0 Å². The van der Waals surface area contributed by atoms with Gasteiger partial charge in [-0.3, -0.25) is 0 Å². The van der Waals surface area contributed by atoms with Gasteiger partial charge >= 0.3 is 0 Å². The number of hydrogen-bond donors (Lipinski definition) is 2. The monoisotopic (exact) mass is 215 g/mol. The van der Waals surface area contributed by atoms with Crippen LogP contribution in [0.5, 0.6) is 0 Å². The van der Waals surface area contributed by atoms with Crippen LogP contribution in [0.2, 0.25) is 0 Å². The maximum absolute atomic E-state index is 13.4. The van der Waals surface area contributed by atoms with Gasteiger partial charge in [0.2, 0.25) is 0 Å². The Bertz CT molecular complexity index is 304. The van der Waals surface area contributed by atoms with Crippen LogP contribution in [-0.2, 0) is 0 Å². The van der Waals surface area contributed by atoms with E-state index in [-0.39, 0.29) is 18.5 Å². The standard InChI is InChI=1S/C10H14FNOS/c1-7(12)8-2-3-10(9(11)6-8)14-5-4-13/h2-3,6-7,13H,4-5,12H2,1H3/t7-/m0/s1. The Kier molecular flexibility index (Phi) is 4.38. The van der Waals surface area contributed by atoms with Crippen LogP contribution < -0.4 is 5.73 Å². The van der Waals surface area contributed by atoms with Crippen LogP contribution in [0, 0.1) is 5.82 Å². The summed E-state index contributed by atoms with van der Waals surface area (Å²) >= 11 is 1.30. The third-order valence-corrected chi connectivity index (χ3v) is 2.86. The fourth-order valence-electron chi connectivity index (χ4n) is 1.07. The minimum absolute atomic E-state index is 0.0547. The van der Waals surface area contributed by atoms with E-state index in [0.717, 1.165) is 5.56 Å². The average Bonchev–Trinajstić information content (AvgIpc) is 2.15. The Balaban J connectivity index is 2.79. The molecule has 2 nitrogen and oxygen atoms in total. The summed E-state index contributed by atoms with van der Waals surface area (Å²) in [5.74, 6) is 0.243. The number of thioether (sulfide) groups is 1. The molecular formula is C10H14FNOS. The summed E-state index contributed by atoms with van der Waals surface area (Å²) in [5.41, 5.74) is 6.41. The molecular weight excluding hydrogens is 201 g/mol. The molecule has 0 unspecified atom stereocenters. The minimum atomic E-state index is -0.266. The van der Waals surface area contributed by atoms with Crippen molar-refractivity contribution in [3.63, 3.8) is 0 Å². The summed E-state index contributed by atoms with van der Waals surface area (Å²) in [6.45, 7) is 1.87.